The number of nitrogens with one attached hydrogen (secondary N) is 1. The first-order chi connectivity index (χ1) is 10.8. The van der Waals surface area contributed by atoms with Crippen molar-refractivity contribution >= 4 is 5.91 Å². The normalized spacial score (nSPS) is 12.9. The van der Waals surface area contributed by atoms with Gasteiger partial charge in [-0.3, -0.25) is 4.79 Å². The third-order valence-electron chi connectivity index (χ3n) is 3.70. The van der Waals surface area contributed by atoms with E-state index in [2.05, 4.69) is 15.4 Å². The molecule has 0 aliphatic carbocycles. The number of aliphatic hydroxyl groups excluding tert-OH is 1. The lowest BCUT2D eigenvalue weighted by Gasteiger charge is -2.26. The number of hydrogen-bond donors (Lipinski definition) is 2. The zero-order valence-electron chi connectivity index (χ0n) is 14.1. The summed E-state index contributed by atoms with van der Waals surface area (Å²) in [5, 5.41) is 16.5. The molecule has 6 nitrogen and oxygen atoms in total. The van der Waals surface area contributed by atoms with E-state index in [4.69, 9.17) is 0 Å². The van der Waals surface area contributed by atoms with E-state index in [1.807, 2.05) is 32.9 Å². The van der Waals surface area contributed by atoms with Crippen molar-refractivity contribution in [3.63, 3.8) is 0 Å². The summed E-state index contributed by atoms with van der Waals surface area (Å²) < 4.78 is 1.67. The Hall–Kier alpha value is -2.21. The van der Waals surface area contributed by atoms with Crippen LogP contribution in [0.5, 0.6) is 0 Å². The molecule has 1 aromatic carbocycles. The third kappa shape index (κ3) is 4.63. The molecule has 0 aliphatic heterocycles. The molecule has 0 spiro atoms. The number of rotatable bonds is 6. The van der Waals surface area contributed by atoms with Gasteiger partial charge in [0, 0.05) is 12.1 Å². The molecule has 0 aliphatic rings. The summed E-state index contributed by atoms with van der Waals surface area (Å²) in [4.78, 5) is 16.2. The molecule has 2 aromatic rings. The quantitative estimate of drug-likeness (QED) is 0.855. The maximum absolute atomic E-state index is 12.3. The Kier molecular flexibility index (Phi) is 5.15. The number of carbonyl (C=O) groups is 1. The Morgan fingerprint density at radius 3 is 2.74 bits per heavy atom. The van der Waals surface area contributed by atoms with Gasteiger partial charge in [0.15, 0.2) is 0 Å². The van der Waals surface area contributed by atoms with Crippen LogP contribution in [0.1, 0.15) is 43.1 Å². The molecule has 1 atom stereocenters. The van der Waals surface area contributed by atoms with Crippen molar-refractivity contribution in [2.24, 2.45) is 5.41 Å². The third-order valence-corrected chi connectivity index (χ3v) is 3.70. The molecule has 124 valence electrons. The van der Waals surface area contributed by atoms with Crippen LogP contribution in [0, 0.1) is 12.3 Å². The van der Waals surface area contributed by atoms with Crippen LogP contribution in [-0.2, 0) is 0 Å². The van der Waals surface area contributed by atoms with Crippen LogP contribution >= 0.6 is 0 Å². The van der Waals surface area contributed by atoms with Crippen molar-refractivity contribution in [2.75, 3.05) is 6.54 Å². The van der Waals surface area contributed by atoms with Crippen LogP contribution in [-0.4, -0.2) is 38.4 Å². The highest BCUT2D eigenvalue weighted by Gasteiger charge is 2.21. The van der Waals surface area contributed by atoms with Gasteiger partial charge in [0.05, 0.1) is 11.8 Å². The van der Waals surface area contributed by atoms with Gasteiger partial charge in [0.25, 0.3) is 5.91 Å². The monoisotopic (exact) mass is 316 g/mol. The molecular formula is C17H24N4O2. The Balaban J connectivity index is 2.05. The summed E-state index contributed by atoms with van der Waals surface area (Å²) in [5.41, 5.74) is 2.30. The van der Waals surface area contributed by atoms with Crippen molar-refractivity contribution < 1.29 is 9.90 Å². The molecular weight excluding hydrogens is 292 g/mol. The van der Waals surface area contributed by atoms with E-state index in [-0.39, 0.29) is 17.4 Å². The van der Waals surface area contributed by atoms with Crippen molar-refractivity contribution in [3.8, 4) is 5.69 Å². The van der Waals surface area contributed by atoms with Crippen LogP contribution in [0.4, 0.5) is 0 Å². The van der Waals surface area contributed by atoms with E-state index in [1.165, 1.54) is 6.33 Å². The fraction of sp³-hybridized carbons (Fsp3) is 0.471. The summed E-state index contributed by atoms with van der Waals surface area (Å²) in [6.45, 7) is 8.26. The molecule has 1 unspecified atom stereocenters. The van der Waals surface area contributed by atoms with Crippen LogP contribution in [0.2, 0.25) is 0 Å². The predicted octanol–water partition coefficient (Wildman–Crippen LogP) is 2.10. The van der Waals surface area contributed by atoms with Crippen LogP contribution in [0.3, 0.4) is 0 Å². The summed E-state index contributed by atoms with van der Waals surface area (Å²) in [6.07, 6.45) is 3.36. The maximum atomic E-state index is 12.3. The Morgan fingerprint density at radius 1 is 1.43 bits per heavy atom. The highest BCUT2D eigenvalue weighted by atomic mass is 16.3. The molecule has 2 rings (SSSR count). The Labute approximate surface area is 136 Å². The molecule has 0 saturated carbocycles. The van der Waals surface area contributed by atoms with E-state index in [9.17, 15) is 9.90 Å². The number of amides is 1. The van der Waals surface area contributed by atoms with Gasteiger partial charge in [0.1, 0.15) is 12.7 Å². The highest BCUT2D eigenvalue weighted by molar-refractivity contribution is 5.94. The van der Waals surface area contributed by atoms with Gasteiger partial charge in [-0.1, -0.05) is 13.8 Å². The minimum Gasteiger partial charge on any atom is -0.393 e. The predicted molar refractivity (Wildman–Crippen MR) is 88.5 cm³/mol. The van der Waals surface area contributed by atoms with Gasteiger partial charge in [-0.25, -0.2) is 9.67 Å². The molecule has 0 radical (unpaired) electrons. The van der Waals surface area contributed by atoms with Crippen LogP contribution in [0.25, 0.3) is 5.69 Å². The van der Waals surface area contributed by atoms with Gasteiger partial charge >= 0.3 is 0 Å². The average Bonchev–Trinajstić information content (AvgIpc) is 2.97. The van der Waals surface area contributed by atoms with Crippen LogP contribution in [0.15, 0.2) is 30.9 Å². The number of aryl methyl sites for hydroxylation is 1. The lowest BCUT2D eigenvalue weighted by atomic mass is 9.87. The number of hydrogen-bond acceptors (Lipinski definition) is 4. The molecule has 1 amide bonds. The molecule has 0 fully saturated rings. The van der Waals surface area contributed by atoms with Gasteiger partial charge in [-0.2, -0.15) is 5.10 Å². The lowest BCUT2D eigenvalue weighted by molar-refractivity contribution is 0.0902. The second kappa shape index (κ2) is 6.91. The minimum atomic E-state index is -0.383. The zero-order chi connectivity index (χ0) is 17.0. The minimum absolute atomic E-state index is 0.114. The number of benzene rings is 1. The van der Waals surface area contributed by atoms with Crippen LogP contribution < -0.4 is 5.32 Å². The summed E-state index contributed by atoms with van der Waals surface area (Å²) in [5.74, 6) is -0.114. The lowest BCUT2D eigenvalue weighted by Crippen LogP contribution is -2.35. The average molecular weight is 316 g/mol. The van der Waals surface area contributed by atoms with Crippen molar-refractivity contribution in [3.05, 3.63) is 42.0 Å². The van der Waals surface area contributed by atoms with Gasteiger partial charge in [0.2, 0.25) is 0 Å². The highest BCUT2D eigenvalue weighted by Crippen LogP contribution is 2.21. The van der Waals surface area contributed by atoms with E-state index in [1.54, 1.807) is 24.0 Å². The number of carbonyl (C=O) groups excluding carboxylic acids is 1. The van der Waals surface area contributed by atoms with E-state index < -0.39 is 0 Å². The first-order valence-corrected chi connectivity index (χ1v) is 7.70. The van der Waals surface area contributed by atoms with E-state index >= 15 is 0 Å². The first kappa shape index (κ1) is 17.1. The molecule has 6 heteroatoms. The largest absolute Gasteiger partial charge is 0.393 e. The fourth-order valence-corrected chi connectivity index (χ4v) is 2.68. The summed E-state index contributed by atoms with van der Waals surface area (Å²) >= 11 is 0. The number of nitrogens with zero attached hydrogens (tertiary/aromatic N) is 3. The zero-order valence-corrected chi connectivity index (χ0v) is 14.1. The number of aliphatic hydroxyl groups is 1. The molecule has 0 bridgehead atoms. The summed E-state index contributed by atoms with van der Waals surface area (Å²) in [7, 11) is 0. The second-order valence-corrected chi connectivity index (χ2v) is 6.74. The van der Waals surface area contributed by atoms with Gasteiger partial charge in [-0.05, 0) is 49.4 Å². The summed E-state index contributed by atoms with van der Waals surface area (Å²) in [6, 6.07) is 5.48. The SMILES string of the molecule is Cc1cc(C(=O)NCC(C)(C)CC(C)O)ccc1-n1cncn1. The van der Waals surface area contributed by atoms with Gasteiger partial charge < -0.3 is 10.4 Å². The topological polar surface area (TPSA) is 80.0 Å². The van der Waals surface area contributed by atoms with Crippen molar-refractivity contribution in [1.82, 2.24) is 20.1 Å². The molecule has 1 aromatic heterocycles. The maximum Gasteiger partial charge on any atom is 0.251 e. The smallest absolute Gasteiger partial charge is 0.251 e. The van der Waals surface area contributed by atoms with Crippen molar-refractivity contribution in [2.45, 2.75) is 40.2 Å². The molecule has 2 N–H and O–H groups in total. The second-order valence-electron chi connectivity index (χ2n) is 6.74. The van der Waals surface area contributed by atoms with Crippen molar-refractivity contribution in [1.29, 1.82) is 0 Å². The molecule has 23 heavy (non-hydrogen) atoms. The number of aromatic nitrogens is 3. The van der Waals surface area contributed by atoms with Gasteiger partial charge in [-0.15, -0.1) is 0 Å². The molecule has 0 saturated heterocycles. The Bertz CT molecular complexity index is 663. The Morgan fingerprint density at radius 2 is 2.17 bits per heavy atom. The van der Waals surface area contributed by atoms with E-state index in [0.717, 1.165) is 11.3 Å². The standard InChI is InChI=1S/C17H24N4O2/c1-12-7-14(5-6-15(12)21-11-18-10-20-21)16(23)19-9-17(3,4)8-13(2)22/h5-7,10-11,13,22H,8-9H2,1-4H3,(H,19,23). The van der Waals surface area contributed by atoms with E-state index in [0.29, 0.717) is 18.5 Å². The first-order valence-electron chi connectivity index (χ1n) is 7.70. The fourth-order valence-electron chi connectivity index (χ4n) is 2.68. The molecule has 1 heterocycles.